The van der Waals surface area contributed by atoms with Crippen molar-refractivity contribution in [2.75, 3.05) is 25.5 Å². The number of hydrogen-bond acceptors (Lipinski definition) is 4. The number of carbonyl (C=O) groups is 2. The largest absolute Gasteiger partial charge is 0.343 e. The Bertz CT molecular complexity index is 967. The number of anilines is 1. The van der Waals surface area contributed by atoms with Crippen molar-refractivity contribution in [1.29, 1.82) is 0 Å². The highest BCUT2D eigenvalue weighted by atomic mass is 32.1. The standard InChI is InChI=1S/C24H27N3O2S/c1-17-6-10-19(11-7-17)24(21-5-4-14-30-21)26-23(29)16-27(3)15-22(28)25-20-12-8-18(2)9-13-20/h4-14,24H,15-16H2,1-3H3,(H,25,28)(H,26,29). The van der Waals surface area contributed by atoms with Crippen molar-refractivity contribution in [3.05, 3.63) is 87.6 Å². The lowest BCUT2D eigenvalue weighted by atomic mass is 10.0. The van der Waals surface area contributed by atoms with Gasteiger partial charge < -0.3 is 10.6 Å². The zero-order valence-electron chi connectivity index (χ0n) is 17.5. The Labute approximate surface area is 181 Å². The summed E-state index contributed by atoms with van der Waals surface area (Å²) in [6, 6.07) is 19.6. The number of likely N-dealkylation sites (N-methyl/N-ethyl adjacent to an activating group) is 1. The van der Waals surface area contributed by atoms with Crippen molar-refractivity contribution < 1.29 is 9.59 Å². The molecule has 30 heavy (non-hydrogen) atoms. The Hall–Kier alpha value is -2.96. The van der Waals surface area contributed by atoms with Crippen LogP contribution in [-0.4, -0.2) is 36.9 Å². The van der Waals surface area contributed by atoms with Gasteiger partial charge in [0.15, 0.2) is 0 Å². The van der Waals surface area contributed by atoms with Gasteiger partial charge in [-0.1, -0.05) is 53.6 Å². The van der Waals surface area contributed by atoms with Gasteiger partial charge in [-0.3, -0.25) is 14.5 Å². The van der Waals surface area contributed by atoms with E-state index in [1.54, 1.807) is 23.3 Å². The number of hydrogen-bond donors (Lipinski definition) is 2. The molecule has 156 valence electrons. The van der Waals surface area contributed by atoms with Crippen molar-refractivity contribution in [1.82, 2.24) is 10.2 Å². The maximum absolute atomic E-state index is 12.7. The van der Waals surface area contributed by atoms with Crippen molar-refractivity contribution in [3.63, 3.8) is 0 Å². The summed E-state index contributed by atoms with van der Waals surface area (Å²) in [5.41, 5.74) is 4.10. The molecule has 0 saturated heterocycles. The average molecular weight is 422 g/mol. The Balaban J connectivity index is 1.57. The van der Waals surface area contributed by atoms with Crippen LogP contribution in [0.3, 0.4) is 0 Å². The molecule has 0 aliphatic heterocycles. The highest BCUT2D eigenvalue weighted by Crippen LogP contribution is 2.26. The topological polar surface area (TPSA) is 61.4 Å². The van der Waals surface area contributed by atoms with Gasteiger partial charge in [-0.05, 0) is 50.0 Å². The zero-order chi connectivity index (χ0) is 21.5. The Morgan fingerprint density at radius 3 is 2.10 bits per heavy atom. The van der Waals surface area contributed by atoms with Gasteiger partial charge in [0.2, 0.25) is 11.8 Å². The fraction of sp³-hybridized carbons (Fsp3) is 0.250. The van der Waals surface area contributed by atoms with Gasteiger partial charge in [-0.2, -0.15) is 0 Å². The number of aryl methyl sites for hydroxylation is 2. The van der Waals surface area contributed by atoms with Crippen molar-refractivity contribution >= 4 is 28.8 Å². The minimum atomic E-state index is -0.201. The van der Waals surface area contributed by atoms with Gasteiger partial charge in [0.25, 0.3) is 0 Å². The van der Waals surface area contributed by atoms with Crippen LogP contribution in [0.2, 0.25) is 0 Å². The van der Waals surface area contributed by atoms with Crippen molar-refractivity contribution in [2.24, 2.45) is 0 Å². The van der Waals surface area contributed by atoms with Gasteiger partial charge >= 0.3 is 0 Å². The van der Waals surface area contributed by atoms with E-state index < -0.39 is 0 Å². The van der Waals surface area contributed by atoms with Crippen LogP contribution in [0.15, 0.2) is 66.0 Å². The second-order valence-electron chi connectivity index (χ2n) is 7.51. The number of thiophene rings is 1. The first-order chi connectivity index (χ1) is 14.4. The van der Waals surface area contributed by atoms with E-state index >= 15 is 0 Å². The van der Waals surface area contributed by atoms with Gasteiger partial charge in [-0.25, -0.2) is 0 Å². The molecule has 1 atom stereocenters. The fourth-order valence-corrected chi connectivity index (χ4v) is 3.93. The minimum Gasteiger partial charge on any atom is -0.343 e. The van der Waals surface area contributed by atoms with E-state index in [1.165, 1.54) is 5.56 Å². The van der Waals surface area contributed by atoms with E-state index in [9.17, 15) is 9.59 Å². The summed E-state index contributed by atoms with van der Waals surface area (Å²) in [4.78, 5) is 27.7. The lowest BCUT2D eigenvalue weighted by Crippen LogP contribution is -2.40. The van der Waals surface area contributed by atoms with Crippen LogP contribution in [0.1, 0.15) is 27.6 Å². The van der Waals surface area contributed by atoms with E-state index in [0.717, 1.165) is 21.7 Å². The fourth-order valence-electron chi connectivity index (χ4n) is 3.12. The Morgan fingerprint density at radius 2 is 1.50 bits per heavy atom. The number of nitrogens with one attached hydrogen (secondary N) is 2. The quantitative estimate of drug-likeness (QED) is 0.575. The molecule has 0 aliphatic rings. The third-order valence-corrected chi connectivity index (χ3v) is 5.64. The molecule has 3 rings (SSSR count). The predicted molar refractivity (Wildman–Crippen MR) is 123 cm³/mol. The normalized spacial score (nSPS) is 11.9. The van der Waals surface area contributed by atoms with Crippen LogP contribution in [-0.2, 0) is 9.59 Å². The van der Waals surface area contributed by atoms with Gasteiger partial charge in [-0.15, -0.1) is 11.3 Å². The summed E-state index contributed by atoms with van der Waals surface area (Å²) in [5, 5.41) is 7.97. The summed E-state index contributed by atoms with van der Waals surface area (Å²) in [6.45, 7) is 4.31. The maximum atomic E-state index is 12.7. The molecule has 6 heteroatoms. The molecule has 1 aromatic heterocycles. The van der Waals surface area contributed by atoms with Crippen LogP contribution in [0.25, 0.3) is 0 Å². The van der Waals surface area contributed by atoms with E-state index in [0.29, 0.717) is 0 Å². The summed E-state index contributed by atoms with van der Waals surface area (Å²) in [6.07, 6.45) is 0. The number of carbonyl (C=O) groups excluding carboxylic acids is 2. The van der Waals surface area contributed by atoms with E-state index in [4.69, 9.17) is 0 Å². The Kier molecular flexibility index (Phi) is 7.38. The first-order valence-corrected chi connectivity index (χ1v) is 10.7. The molecule has 0 saturated carbocycles. The van der Waals surface area contributed by atoms with Crippen LogP contribution < -0.4 is 10.6 Å². The summed E-state index contributed by atoms with van der Waals surface area (Å²) in [7, 11) is 1.76. The first-order valence-electron chi connectivity index (χ1n) is 9.85. The molecular formula is C24H27N3O2S. The summed E-state index contributed by atoms with van der Waals surface area (Å²) in [5.74, 6) is -0.276. The maximum Gasteiger partial charge on any atom is 0.238 e. The molecule has 2 N–H and O–H groups in total. The van der Waals surface area contributed by atoms with E-state index in [1.807, 2.05) is 79.9 Å². The predicted octanol–water partition coefficient (Wildman–Crippen LogP) is 4.14. The number of nitrogens with zero attached hydrogens (tertiary/aromatic N) is 1. The van der Waals surface area contributed by atoms with Crippen LogP contribution in [0.5, 0.6) is 0 Å². The van der Waals surface area contributed by atoms with Crippen LogP contribution in [0, 0.1) is 13.8 Å². The highest BCUT2D eigenvalue weighted by molar-refractivity contribution is 7.10. The number of rotatable bonds is 8. The molecule has 0 spiro atoms. The SMILES string of the molecule is Cc1ccc(NC(=O)CN(C)CC(=O)NC(c2ccc(C)cc2)c2cccs2)cc1. The molecule has 0 aliphatic carbocycles. The smallest absolute Gasteiger partial charge is 0.238 e. The van der Waals surface area contributed by atoms with Crippen molar-refractivity contribution in [3.8, 4) is 0 Å². The monoisotopic (exact) mass is 421 g/mol. The van der Waals surface area contributed by atoms with Gasteiger partial charge in [0.05, 0.1) is 19.1 Å². The van der Waals surface area contributed by atoms with Gasteiger partial charge in [0, 0.05) is 10.6 Å². The number of amides is 2. The van der Waals surface area contributed by atoms with Crippen LogP contribution in [0.4, 0.5) is 5.69 Å². The lowest BCUT2D eigenvalue weighted by Gasteiger charge is -2.21. The molecule has 2 aromatic carbocycles. The molecule has 3 aromatic rings. The highest BCUT2D eigenvalue weighted by Gasteiger charge is 2.19. The molecule has 5 nitrogen and oxygen atoms in total. The molecule has 2 amide bonds. The Morgan fingerprint density at radius 1 is 0.900 bits per heavy atom. The minimum absolute atomic E-state index is 0.125. The third-order valence-electron chi connectivity index (χ3n) is 4.71. The second-order valence-corrected chi connectivity index (χ2v) is 8.49. The average Bonchev–Trinajstić information content (AvgIpc) is 3.23. The summed E-state index contributed by atoms with van der Waals surface area (Å²) < 4.78 is 0. The third kappa shape index (κ3) is 6.27. The van der Waals surface area contributed by atoms with E-state index in [2.05, 4.69) is 10.6 Å². The molecule has 0 fully saturated rings. The first kappa shape index (κ1) is 21.7. The van der Waals surface area contributed by atoms with Gasteiger partial charge in [0.1, 0.15) is 0 Å². The molecule has 1 unspecified atom stereocenters. The van der Waals surface area contributed by atoms with E-state index in [-0.39, 0.29) is 30.9 Å². The van der Waals surface area contributed by atoms with Crippen molar-refractivity contribution in [2.45, 2.75) is 19.9 Å². The second kappa shape index (κ2) is 10.2. The summed E-state index contributed by atoms with van der Waals surface area (Å²) >= 11 is 1.61. The molecule has 0 radical (unpaired) electrons. The van der Waals surface area contributed by atoms with Crippen LogP contribution >= 0.6 is 11.3 Å². The number of benzene rings is 2. The molecular weight excluding hydrogens is 394 g/mol. The lowest BCUT2D eigenvalue weighted by molar-refractivity contribution is -0.123. The zero-order valence-corrected chi connectivity index (χ0v) is 18.3. The molecule has 0 bridgehead atoms. The molecule has 1 heterocycles.